The lowest BCUT2D eigenvalue weighted by Crippen LogP contribution is -2.01. The Morgan fingerprint density at radius 3 is 2.37 bits per heavy atom. The van der Waals surface area contributed by atoms with Crippen LogP contribution in [0.15, 0.2) is 65.2 Å². The molecule has 38 heavy (non-hydrogen) atoms. The lowest BCUT2D eigenvalue weighted by molar-refractivity contribution is 0.0600. The molecule has 5 nitrogen and oxygen atoms in total. The molecule has 0 unspecified atom stereocenters. The second kappa shape index (κ2) is 10.3. The number of hydrogen-bond acceptors (Lipinski definition) is 5. The van der Waals surface area contributed by atoms with Crippen molar-refractivity contribution in [2.75, 3.05) is 7.11 Å². The highest BCUT2D eigenvalue weighted by molar-refractivity contribution is 6.39. The van der Waals surface area contributed by atoms with Crippen molar-refractivity contribution in [2.24, 2.45) is 0 Å². The van der Waals surface area contributed by atoms with Gasteiger partial charge in [0.1, 0.15) is 23.8 Å². The first-order valence-corrected chi connectivity index (χ1v) is 13.6. The normalized spacial score (nSPS) is 18.3. The first-order valence-electron chi connectivity index (χ1n) is 12.5. The van der Waals surface area contributed by atoms with E-state index in [1.165, 1.54) is 12.7 Å². The van der Waals surface area contributed by atoms with Crippen molar-refractivity contribution >= 4 is 40.8 Å². The second-order valence-electron chi connectivity index (χ2n) is 9.78. The summed E-state index contributed by atoms with van der Waals surface area (Å²) in [5, 5.41) is 6.02. The minimum atomic E-state index is -0.333. The molecule has 0 N–H and O–H groups in total. The van der Waals surface area contributed by atoms with Gasteiger partial charge in [-0.25, -0.2) is 4.79 Å². The average Bonchev–Trinajstić information content (AvgIpc) is 3.85. The van der Waals surface area contributed by atoms with Crippen molar-refractivity contribution in [3.8, 4) is 17.0 Å². The van der Waals surface area contributed by atoms with Gasteiger partial charge in [-0.05, 0) is 78.6 Å². The zero-order valence-corrected chi connectivity index (χ0v) is 22.8. The van der Waals surface area contributed by atoms with Crippen LogP contribution in [0.3, 0.4) is 0 Å². The van der Waals surface area contributed by atoms with Gasteiger partial charge in [-0.15, -0.1) is 0 Å². The Morgan fingerprint density at radius 2 is 1.71 bits per heavy atom. The number of methoxy groups -OCH3 is 1. The molecule has 2 saturated carbocycles. The molecule has 0 spiro atoms. The summed E-state index contributed by atoms with van der Waals surface area (Å²) in [4.78, 5) is 11.7. The highest BCUT2D eigenvalue weighted by Crippen LogP contribution is 2.56. The molecule has 2 atom stereocenters. The Balaban J connectivity index is 1.18. The van der Waals surface area contributed by atoms with Crippen LogP contribution in [0, 0.1) is 0 Å². The standard InChI is InChI=1S/C30H24Cl3NO4/c1-36-30(35)18-9-5-16(6-10-18)21-14-22(21)20-12-11-19(13-26(20)33)37-15-23-28(34-38-29(23)17-7-8-17)27-24(31)3-2-4-25(27)32/h2-6,9-13,17,21-22H,7-8,14-15H2,1H3/t21-,22-/m1/s1. The van der Waals surface area contributed by atoms with Gasteiger partial charge < -0.3 is 14.0 Å². The molecule has 0 radical (unpaired) electrons. The van der Waals surface area contributed by atoms with Crippen molar-refractivity contribution in [2.45, 2.75) is 43.6 Å². The molecule has 2 fully saturated rings. The average molecular weight is 569 g/mol. The number of carbonyl (C=O) groups excluding carboxylic acids is 1. The van der Waals surface area contributed by atoms with Crippen LogP contribution in [0.2, 0.25) is 15.1 Å². The number of aromatic nitrogens is 1. The summed E-state index contributed by atoms with van der Waals surface area (Å²) >= 11 is 19.7. The van der Waals surface area contributed by atoms with E-state index >= 15 is 0 Å². The van der Waals surface area contributed by atoms with Crippen LogP contribution >= 0.6 is 34.8 Å². The molecular weight excluding hydrogens is 545 g/mol. The van der Waals surface area contributed by atoms with E-state index in [0.29, 0.717) is 55.4 Å². The molecule has 0 bridgehead atoms. The number of benzene rings is 3. The van der Waals surface area contributed by atoms with Gasteiger partial charge in [0, 0.05) is 16.5 Å². The van der Waals surface area contributed by atoms with E-state index in [2.05, 4.69) is 5.16 Å². The Bertz CT molecular complexity index is 1490. The topological polar surface area (TPSA) is 61.6 Å². The van der Waals surface area contributed by atoms with Gasteiger partial charge in [0.2, 0.25) is 0 Å². The highest BCUT2D eigenvalue weighted by Gasteiger charge is 2.40. The maximum atomic E-state index is 11.7. The third-order valence-electron chi connectivity index (χ3n) is 7.27. The number of esters is 1. The zero-order chi connectivity index (χ0) is 26.4. The van der Waals surface area contributed by atoms with Gasteiger partial charge in [-0.2, -0.15) is 0 Å². The Kier molecular flexibility index (Phi) is 6.85. The fraction of sp³-hybridized carbons (Fsp3) is 0.267. The number of hydrogen-bond donors (Lipinski definition) is 0. The number of halogens is 3. The van der Waals surface area contributed by atoms with Crippen molar-refractivity contribution < 1.29 is 18.8 Å². The van der Waals surface area contributed by atoms with Gasteiger partial charge in [-0.1, -0.05) is 64.2 Å². The zero-order valence-electron chi connectivity index (χ0n) is 20.5. The third kappa shape index (κ3) is 4.91. The molecule has 1 aromatic heterocycles. The summed E-state index contributed by atoms with van der Waals surface area (Å²) in [6.45, 7) is 0.264. The summed E-state index contributed by atoms with van der Waals surface area (Å²) < 4.78 is 16.7. The van der Waals surface area contributed by atoms with Crippen LogP contribution < -0.4 is 4.74 Å². The van der Waals surface area contributed by atoms with Crippen LogP contribution in [0.5, 0.6) is 5.75 Å². The minimum absolute atomic E-state index is 0.264. The molecule has 0 amide bonds. The molecule has 6 rings (SSSR count). The molecular formula is C30H24Cl3NO4. The number of carbonyl (C=O) groups is 1. The largest absolute Gasteiger partial charge is 0.489 e. The van der Waals surface area contributed by atoms with Crippen LogP contribution in [0.25, 0.3) is 11.3 Å². The predicted octanol–water partition coefficient (Wildman–Crippen LogP) is 8.82. The summed E-state index contributed by atoms with van der Waals surface area (Å²) in [5.74, 6) is 2.20. The number of ether oxygens (including phenoxy) is 2. The van der Waals surface area contributed by atoms with Crippen LogP contribution in [-0.4, -0.2) is 18.2 Å². The van der Waals surface area contributed by atoms with E-state index in [1.807, 2.05) is 30.3 Å². The van der Waals surface area contributed by atoms with E-state index in [1.54, 1.807) is 30.3 Å². The van der Waals surface area contributed by atoms with Gasteiger partial charge in [0.25, 0.3) is 0 Å². The van der Waals surface area contributed by atoms with Crippen LogP contribution in [0.4, 0.5) is 0 Å². The van der Waals surface area contributed by atoms with Crippen molar-refractivity contribution in [3.63, 3.8) is 0 Å². The quantitative estimate of drug-likeness (QED) is 0.199. The number of nitrogens with zero attached hydrogens (tertiary/aromatic N) is 1. The molecule has 4 aromatic rings. The summed E-state index contributed by atoms with van der Waals surface area (Å²) in [6.07, 6.45) is 3.13. The molecule has 194 valence electrons. The summed E-state index contributed by atoms with van der Waals surface area (Å²) in [7, 11) is 1.38. The van der Waals surface area contributed by atoms with Crippen LogP contribution in [-0.2, 0) is 11.3 Å². The van der Waals surface area contributed by atoms with Crippen LogP contribution in [0.1, 0.15) is 69.8 Å². The van der Waals surface area contributed by atoms with E-state index in [0.717, 1.165) is 36.1 Å². The van der Waals surface area contributed by atoms with E-state index in [-0.39, 0.29) is 12.6 Å². The predicted molar refractivity (Wildman–Crippen MR) is 148 cm³/mol. The van der Waals surface area contributed by atoms with Gasteiger partial charge in [-0.3, -0.25) is 0 Å². The first-order chi connectivity index (χ1) is 18.4. The van der Waals surface area contributed by atoms with E-state index in [9.17, 15) is 4.79 Å². The van der Waals surface area contributed by atoms with Gasteiger partial charge in [0.05, 0.1) is 28.3 Å². The monoisotopic (exact) mass is 567 g/mol. The van der Waals surface area contributed by atoms with Crippen molar-refractivity contribution in [1.29, 1.82) is 0 Å². The van der Waals surface area contributed by atoms with E-state index < -0.39 is 0 Å². The molecule has 8 heteroatoms. The molecule has 2 aliphatic carbocycles. The van der Waals surface area contributed by atoms with Gasteiger partial charge >= 0.3 is 5.97 Å². The third-order valence-corrected chi connectivity index (χ3v) is 8.23. The summed E-state index contributed by atoms with van der Waals surface area (Å²) in [5.41, 5.74) is 4.95. The van der Waals surface area contributed by atoms with Gasteiger partial charge in [0.15, 0.2) is 0 Å². The molecule has 2 aliphatic rings. The Morgan fingerprint density at radius 1 is 0.974 bits per heavy atom. The van der Waals surface area contributed by atoms with E-state index in [4.69, 9.17) is 48.8 Å². The van der Waals surface area contributed by atoms with Crippen molar-refractivity contribution in [1.82, 2.24) is 5.16 Å². The smallest absolute Gasteiger partial charge is 0.337 e. The van der Waals surface area contributed by atoms with Crippen molar-refractivity contribution in [3.05, 3.63) is 104 Å². The molecule has 0 saturated heterocycles. The second-order valence-corrected chi connectivity index (χ2v) is 11.0. The summed E-state index contributed by atoms with van der Waals surface area (Å²) in [6, 6.07) is 18.8. The maximum absolute atomic E-state index is 11.7. The molecule has 1 heterocycles. The SMILES string of the molecule is COC(=O)c1ccc([C@H]2C[C@@H]2c2ccc(OCc3c(-c4c(Cl)cccc4Cl)noc3C3CC3)cc2Cl)cc1. The molecule has 0 aliphatic heterocycles. The minimum Gasteiger partial charge on any atom is -0.489 e. The fourth-order valence-electron chi connectivity index (χ4n) is 4.99. The maximum Gasteiger partial charge on any atom is 0.337 e. The highest BCUT2D eigenvalue weighted by atomic mass is 35.5. The Hall–Kier alpha value is -2.99. The lowest BCUT2D eigenvalue weighted by atomic mass is 10.0. The molecule has 3 aromatic carbocycles. The Labute approximate surface area is 235 Å². The fourth-order valence-corrected chi connectivity index (χ4v) is 5.88. The number of rotatable bonds is 8. The lowest BCUT2D eigenvalue weighted by Gasteiger charge is -2.11. The first kappa shape index (κ1) is 25.3.